The van der Waals surface area contributed by atoms with E-state index in [0.29, 0.717) is 5.69 Å². The van der Waals surface area contributed by atoms with E-state index in [1.807, 2.05) is 30.3 Å². The molecule has 0 aliphatic heterocycles. The third-order valence-electron chi connectivity index (χ3n) is 3.43. The van der Waals surface area contributed by atoms with E-state index >= 15 is 0 Å². The zero-order valence-corrected chi connectivity index (χ0v) is 11.8. The van der Waals surface area contributed by atoms with Crippen LogP contribution >= 0.6 is 0 Å². The largest absolute Gasteiger partial charge is 0.298 e. The fourth-order valence-corrected chi connectivity index (χ4v) is 2.28. The van der Waals surface area contributed by atoms with Gasteiger partial charge in [-0.2, -0.15) is 0 Å². The van der Waals surface area contributed by atoms with Crippen LogP contribution < -0.4 is 5.56 Å². The van der Waals surface area contributed by atoms with Crippen LogP contribution in [-0.4, -0.2) is 21.9 Å². The molecule has 22 heavy (non-hydrogen) atoms. The fraction of sp³-hybridized carbons (Fsp3) is 0. The lowest BCUT2D eigenvalue weighted by molar-refractivity contribution is 1.06. The van der Waals surface area contributed by atoms with E-state index in [1.165, 1.54) is 6.07 Å². The highest BCUT2D eigenvalue weighted by atomic mass is 16.1. The van der Waals surface area contributed by atoms with Gasteiger partial charge in [-0.3, -0.25) is 25.0 Å². The minimum absolute atomic E-state index is 0.171. The molecule has 0 unspecified atom stereocenters. The topological polar surface area (TPSA) is 73.9 Å². The molecular weight excluding hydrogens is 276 g/mol. The minimum atomic E-state index is -0.171. The third kappa shape index (κ3) is 2.52. The van der Waals surface area contributed by atoms with Crippen LogP contribution in [-0.2, 0) is 0 Å². The Morgan fingerprint density at radius 3 is 2.50 bits per heavy atom. The van der Waals surface area contributed by atoms with E-state index in [1.54, 1.807) is 12.4 Å². The smallest absolute Gasteiger partial charge is 0.264 e. The molecule has 3 rings (SSSR count). The first-order chi connectivity index (χ1) is 10.7. The highest BCUT2D eigenvalue weighted by Crippen LogP contribution is 2.32. The van der Waals surface area contributed by atoms with Crippen molar-refractivity contribution < 1.29 is 0 Å². The summed E-state index contributed by atoms with van der Waals surface area (Å²) < 4.78 is 0. The van der Waals surface area contributed by atoms with Crippen LogP contribution in [0.4, 0.5) is 5.69 Å². The van der Waals surface area contributed by atoms with Crippen molar-refractivity contribution >= 4 is 18.0 Å². The molecular formula is C17H14N4O. The second-order valence-corrected chi connectivity index (χ2v) is 4.78. The lowest BCUT2D eigenvalue weighted by atomic mass is 9.96. The van der Waals surface area contributed by atoms with Crippen LogP contribution in [0, 0.1) is 0 Å². The van der Waals surface area contributed by atoms with E-state index in [4.69, 9.17) is 0 Å². The van der Waals surface area contributed by atoms with E-state index in [9.17, 15) is 4.79 Å². The monoisotopic (exact) mass is 290 g/mol. The lowest BCUT2D eigenvalue weighted by Crippen LogP contribution is -1.93. The Morgan fingerprint density at radius 1 is 1.09 bits per heavy atom. The maximum Gasteiger partial charge on any atom is 0.264 e. The molecule has 5 nitrogen and oxygen atoms in total. The molecule has 0 fully saturated rings. The highest BCUT2D eigenvalue weighted by molar-refractivity contribution is 5.86. The normalized spacial score (nSPS) is 10.4. The molecule has 0 amide bonds. The first-order valence-electron chi connectivity index (χ1n) is 6.67. The van der Waals surface area contributed by atoms with Crippen molar-refractivity contribution in [3.8, 4) is 11.3 Å². The molecule has 2 N–H and O–H groups in total. The Kier molecular flexibility index (Phi) is 3.53. The molecule has 0 saturated heterocycles. The summed E-state index contributed by atoms with van der Waals surface area (Å²) in [5, 5.41) is 5.37. The number of H-pyrrole nitrogens is 2. The zero-order chi connectivity index (χ0) is 15.5. The molecule has 3 aromatic rings. The summed E-state index contributed by atoms with van der Waals surface area (Å²) >= 11 is 0. The zero-order valence-electron chi connectivity index (χ0n) is 11.8. The van der Waals surface area contributed by atoms with Crippen molar-refractivity contribution in [1.29, 1.82) is 0 Å². The quantitative estimate of drug-likeness (QED) is 0.724. The summed E-state index contributed by atoms with van der Waals surface area (Å²) in [5.74, 6) is 0. The maximum atomic E-state index is 11.3. The number of hydrogen-bond donors (Lipinski definition) is 2. The van der Waals surface area contributed by atoms with E-state index in [0.717, 1.165) is 28.0 Å². The maximum absolute atomic E-state index is 11.3. The van der Waals surface area contributed by atoms with Gasteiger partial charge in [0, 0.05) is 29.6 Å². The number of benzene rings is 1. The van der Waals surface area contributed by atoms with E-state index in [-0.39, 0.29) is 5.56 Å². The van der Waals surface area contributed by atoms with Crippen LogP contribution in [0.5, 0.6) is 0 Å². The van der Waals surface area contributed by atoms with Crippen molar-refractivity contribution in [2.45, 2.75) is 0 Å². The SMILES string of the molecule is C=Nc1ccc(-c2cc(=O)[nH][nH]2)cc1C(=C)c1ccncc1. The van der Waals surface area contributed by atoms with Crippen LogP contribution in [0.15, 0.2) is 65.2 Å². The van der Waals surface area contributed by atoms with Gasteiger partial charge >= 0.3 is 0 Å². The second kappa shape index (κ2) is 5.65. The number of rotatable bonds is 4. The number of aromatic amines is 2. The number of aliphatic imine (C=N–C) groups is 1. The fourth-order valence-electron chi connectivity index (χ4n) is 2.28. The Hall–Kier alpha value is -3.21. The van der Waals surface area contributed by atoms with Gasteiger partial charge in [0.15, 0.2) is 0 Å². The Bertz CT molecular complexity index is 890. The van der Waals surface area contributed by atoms with Gasteiger partial charge in [-0.1, -0.05) is 12.6 Å². The molecule has 0 spiro atoms. The van der Waals surface area contributed by atoms with Crippen molar-refractivity contribution in [2.24, 2.45) is 4.99 Å². The number of aromatic nitrogens is 3. The first-order valence-corrected chi connectivity index (χ1v) is 6.67. The van der Waals surface area contributed by atoms with Crippen molar-refractivity contribution in [3.63, 3.8) is 0 Å². The molecule has 5 heteroatoms. The van der Waals surface area contributed by atoms with Gasteiger partial charge in [-0.05, 0) is 42.1 Å². The Labute approximate surface area is 127 Å². The third-order valence-corrected chi connectivity index (χ3v) is 3.43. The van der Waals surface area contributed by atoms with Crippen LogP contribution in [0.2, 0.25) is 0 Å². The molecule has 0 bridgehead atoms. The van der Waals surface area contributed by atoms with Gasteiger partial charge in [-0.25, -0.2) is 0 Å². The van der Waals surface area contributed by atoms with Gasteiger partial charge in [0.2, 0.25) is 0 Å². The Balaban J connectivity index is 2.11. The van der Waals surface area contributed by atoms with Crippen molar-refractivity contribution in [2.75, 3.05) is 0 Å². The number of nitrogens with one attached hydrogen (secondary N) is 2. The molecule has 2 aromatic heterocycles. The second-order valence-electron chi connectivity index (χ2n) is 4.78. The Morgan fingerprint density at radius 2 is 1.86 bits per heavy atom. The predicted octanol–water partition coefficient (Wildman–Crippen LogP) is 3.16. The van der Waals surface area contributed by atoms with E-state index < -0.39 is 0 Å². The van der Waals surface area contributed by atoms with Gasteiger partial charge in [0.25, 0.3) is 5.56 Å². The van der Waals surface area contributed by atoms with Gasteiger partial charge in [0.1, 0.15) is 0 Å². The molecule has 2 heterocycles. The highest BCUT2D eigenvalue weighted by Gasteiger charge is 2.10. The molecule has 0 atom stereocenters. The number of pyridine rings is 1. The van der Waals surface area contributed by atoms with Crippen molar-refractivity contribution in [1.82, 2.24) is 15.2 Å². The molecule has 0 radical (unpaired) electrons. The van der Waals surface area contributed by atoms with Gasteiger partial charge in [-0.15, -0.1) is 0 Å². The van der Waals surface area contributed by atoms with Gasteiger partial charge < -0.3 is 0 Å². The van der Waals surface area contributed by atoms with Crippen LogP contribution in [0.3, 0.4) is 0 Å². The number of hydrogen-bond acceptors (Lipinski definition) is 3. The van der Waals surface area contributed by atoms with Gasteiger partial charge in [0.05, 0.1) is 11.4 Å². The summed E-state index contributed by atoms with van der Waals surface area (Å²) in [6.45, 7) is 7.76. The van der Waals surface area contributed by atoms with E-state index in [2.05, 4.69) is 33.5 Å². The number of nitrogens with zero attached hydrogens (tertiary/aromatic N) is 2. The van der Waals surface area contributed by atoms with Crippen molar-refractivity contribution in [3.05, 3.63) is 76.9 Å². The summed E-state index contributed by atoms with van der Waals surface area (Å²) in [7, 11) is 0. The van der Waals surface area contributed by atoms with Crippen LogP contribution in [0.1, 0.15) is 11.1 Å². The minimum Gasteiger partial charge on any atom is -0.298 e. The molecule has 0 aliphatic carbocycles. The molecule has 108 valence electrons. The average molecular weight is 290 g/mol. The summed E-state index contributed by atoms with van der Waals surface area (Å²) in [6.07, 6.45) is 3.43. The molecule has 0 saturated carbocycles. The summed E-state index contributed by atoms with van der Waals surface area (Å²) in [6, 6.07) is 11.0. The molecule has 1 aromatic carbocycles. The first kappa shape index (κ1) is 13.8. The van der Waals surface area contributed by atoms with Crippen LogP contribution in [0.25, 0.3) is 16.8 Å². The lowest BCUT2D eigenvalue weighted by Gasteiger charge is -2.11. The molecule has 0 aliphatic rings. The standard InChI is InChI=1S/C17H14N4O/c1-11(12-5-7-19-8-6-12)14-9-13(3-4-15(14)18-2)16-10-17(22)21-20-16/h3-10H,1-2H2,(H2,20,21,22). The average Bonchev–Trinajstić information content (AvgIpc) is 3.01. The summed E-state index contributed by atoms with van der Waals surface area (Å²) in [5.41, 5.74) is 4.80. The summed E-state index contributed by atoms with van der Waals surface area (Å²) in [4.78, 5) is 19.3. The predicted molar refractivity (Wildman–Crippen MR) is 88.4 cm³/mol.